The van der Waals surface area contributed by atoms with E-state index in [1.165, 1.54) is 12.0 Å². The van der Waals surface area contributed by atoms with E-state index in [9.17, 15) is 4.79 Å². The van der Waals surface area contributed by atoms with E-state index in [1.807, 2.05) is 6.92 Å². The Labute approximate surface area is 91.7 Å². The number of carbonyl (C=O) groups excluding carboxylic acids is 1. The van der Waals surface area contributed by atoms with E-state index in [-0.39, 0.29) is 12.1 Å². The number of rotatable bonds is 0. The minimum Gasteiger partial charge on any atom is -0.454 e. The number of hydrogen-bond acceptors (Lipinski definition) is 2. The molecule has 1 aliphatic carbocycles. The summed E-state index contributed by atoms with van der Waals surface area (Å²) in [4.78, 5) is 11.4. The van der Waals surface area contributed by atoms with E-state index in [0.717, 1.165) is 18.4 Å². The topological polar surface area (TPSA) is 26.3 Å². The van der Waals surface area contributed by atoms with Crippen LogP contribution in [0, 0.1) is 11.3 Å². The van der Waals surface area contributed by atoms with E-state index in [0.29, 0.717) is 11.3 Å². The predicted molar refractivity (Wildman–Crippen MR) is 59.4 cm³/mol. The summed E-state index contributed by atoms with van der Waals surface area (Å²) >= 11 is 0. The van der Waals surface area contributed by atoms with Crippen LogP contribution in [0.2, 0.25) is 0 Å². The minimum atomic E-state index is -0.0930. The Bertz CT molecular complexity index is 320. The number of fused-ring (bicyclic) bond motifs is 1. The van der Waals surface area contributed by atoms with Crippen molar-refractivity contribution >= 4 is 5.97 Å². The van der Waals surface area contributed by atoms with E-state index in [2.05, 4.69) is 20.8 Å². The molecule has 0 aromatic carbocycles. The molecule has 0 N–H and O–H groups in total. The molecule has 1 heterocycles. The predicted octanol–water partition coefficient (Wildman–Crippen LogP) is 3.07. The molecule has 0 amide bonds. The van der Waals surface area contributed by atoms with Crippen molar-refractivity contribution in [1.82, 2.24) is 0 Å². The summed E-state index contributed by atoms with van der Waals surface area (Å²) in [7, 11) is 0. The Balaban J connectivity index is 2.14. The number of ether oxygens (including phenoxy) is 1. The quantitative estimate of drug-likeness (QED) is 0.572. The van der Waals surface area contributed by atoms with Gasteiger partial charge in [0, 0.05) is 5.57 Å². The first-order valence-corrected chi connectivity index (χ1v) is 5.80. The average molecular weight is 208 g/mol. The van der Waals surface area contributed by atoms with Crippen molar-refractivity contribution in [3.8, 4) is 0 Å². The molecule has 1 aliphatic heterocycles. The Hall–Kier alpha value is -0.790. The van der Waals surface area contributed by atoms with Gasteiger partial charge in [-0.25, -0.2) is 4.79 Å². The smallest absolute Gasteiger partial charge is 0.334 e. The van der Waals surface area contributed by atoms with E-state index in [4.69, 9.17) is 4.74 Å². The van der Waals surface area contributed by atoms with Gasteiger partial charge in [-0.15, -0.1) is 0 Å². The molecular weight excluding hydrogens is 188 g/mol. The molecule has 2 atom stereocenters. The molecule has 0 aromatic rings. The van der Waals surface area contributed by atoms with E-state index >= 15 is 0 Å². The third-order valence-electron chi connectivity index (χ3n) is 3.91. The van der Waals surface area contributed by atoms with Crippen LogP contribution < -0.4 is 0 Å². The highest BCUT2D eigenvalue weighted by Crippen LogP contribution is 2.43. The second-order valence-electron chi connectivity index (χ2n) is 5.88. The normalized spacial score (nSPS) is 31.6. The van der Waals surface area contributed by atoms with Crippen molar-refractivity contribution in [2.24, 2.45) is 11.3 Å². The lowest BCUT2D eigenvalue weighted by molar-refractivity contribution is -0.141. The van der Waals surface area contributed by atoms with Crippen LogP contribution in [0.3, 0.4) is 0 Å². The molecule has 2 nitrogen and oxygen atoms in total. The molecule has 2 heteroatoms. The lowest BCUT2D eigenvalue weighted by Crippen LogP contribution is -2.30. The molecule has 0 unspecified atom stereocenters. The third kappa shape index (κ3) is 1.82. The Morgan fingerprint density at radius 3 is 2.60 bits per heavy atom. The zero-order valence-corrected chi connectivity index (χ0v) is 10.1. The molecule has 2 rings (SSSR count). The Morgan fingerprint density at radius 1 is 1.33 bits per heavy atom. The zero-order valence-electron chi connectivity index (χ0n) is 10.1. The molecule has 0 saturated heterocycles. The van der Waals surface area contributed by atoms with Crippen molar-refractivity contribution in [2.75, 3.05) is 0 Å². The SMILES string of the molecule is CC1=C2CC[C@H](C(C)(C)C)C[C@H]2OC1=O. The van der Waals surface area contributed by atoms with Gasteiger partial charge in [-0.1, -0.05) is 20.8 Å². The highest BCUT2D eigenvalue weighted by molar-refractivity contribution is 5.91. The summed E-state index contributed by atoms with van der Waals surface area (Å²) in [6, 6.07) is 0. The maximum Gasteiger partial charge on any atom is 0.334 e. The molecule has 2 aliphatic rings. The van der Waals surface area contributed by atoms with Gasteiger partial charge in [-0.2, -0.15) is 0 Å². The van der Waals surface area contributed by atoms with Gasteiger partial charge < -0.3 is 4.74 Å². The fourth-order valence-corrected chi connectivity index (χ4v) is 2.69. The molecule has 1 fully saturated rings. The lowest BCUT2D eigenvalue weighted by Gasteiger charge is -2.36. The van der Waals surface area contributed by atoms with Gasteiger partial charge in [0.15, 0.2) is 0 Å². The maximum absolute atomic E-state index is 11.4. The molecule has 0 bridgehead atoms. The number of carbonyl (C=O) groups is 1. The zero-order chi connectivity index (χ0) is 11.2. The fraction of sp³-hybridized carbons (Fsp3) is 0.769. The molecular formula is C13H20O2. The van der Waals surface area contributed by atoms with Crippen molar-refractivity contribution < 1.29 is 9.53 Å². The number of hydrogen-bond donors (Lipinski definition) is 0. The maximum atomic E-state index is 11.4. The van der Waals surface area contributed by atoms with Gasteiger partial charge in [0.25, 0.3) is 0 Å². The van der Waals surface area contributed by atoms with Crippen molar-refractivity contribution in [1.29, 1.82) is 0 Å². The fourth-order valence-electron chi connectivity index (χ4n) is 2.69. The van der Waals surface area contributed by atoms with Crippen molar-refractivity contribution in [3.63, 3.8) is 0 Å². The van der Waals surface area contributed by atoms with Gasteiger partial charge in [0.05, 0.1) is 0 Å². The Kier molecular flexibility index (Phi) is 2.40. The van der Waals surface area contributed by atoms with Gasteiger partial charge >= 0.3 is 5.97 Å². The molecule has 0 radical (unpaired) electrons. The van der Waals surface area contributed by atoms with Crippen molar-refractivity contribution in [2.45, 2.75) is 53.1 Å². The summed E-state index contributed by atoms with van der Waals surface area (Å²) in [5, 5.41) is 0. The largest absolute Gasteiger partial charge is 0.454 e. The van der Waals surface area contributed by atoms with E-state index < -0.39 is 0 Å². The van der Waals surface area contributed by atoms with Crippen LogP contribution in [0.25, 0.3) is 0 Å². The van der Waals surface area contributed by atoms with E-state index in [1.54, 1.807) is 0 Å². The second-order valence-corrected chi connectivity index (χ2v) is 5.88. The summed E-state index contributed by atoms with van der Waals surface area (Å²) < 4.78 is 5.39. The summed E-state index contributed by atoms with van der Waals surface area (Å²) in [6.07, 6.45) is 3.35. The number of esters is 1. The third-order valence-corrected chi connectivity index (χ3v) is 3.91. The first kappa shape index (κ1) is 10.7. The summed E-state index contributed by atoms with van der Waals surface area (Å²) in [5.74, 6) is 0.578. The molecule has 15 heavy (non-hydrogen) atoms. The molecule has 0 aromatic heterocycles. The molecule has 1 saturated carbocycles. The van der Waals surface area contributed by atoms with Crippen LogP contribution in [0.4, 0.5) is 0 Å². The molecule has 84 valence electrons. The summed E-state index contributed by atoms with van der Waals surface area (Å²) in [6.45, 7) is 8.72. The van der Waals surface area contributed by atoms with Gasteiger partial charge in [-0.3, -0.25) is 0 Å². The highest BCUT2D eigenvalue weighted by atomic mass is 16.5. The minimum absolute atomic E-state index is 0.0930. The van der Waals surface area contributed by atoms with Gasteiger partial charge in [-0.05, 0) is 43.1 Å². The average Bonchev–Trinajstić information content (AvgIpc) is 2.41. The standard InChI is InChI=1S/C13H20O2/c1-8-10-6-5-9(13(2,3)4)7-11(10)15-12(8)14/h9,11H,5-7H2,1-4H3/t9-,11+/m0/s1. The van der Waals surface area contributed by atoms with Gasteiger partial charge in [0.2, 0.25) is 0 Å². The lowest BCUT2D eigenvalue weighted by atomic mass is 9.70. The van der Waals surface area contributed by atoms with Crippen molar-refractivity contribution in [3.05, 3.63) is 11.1 Å². The van der Waals surface area contributed by atoms with Crippen LogP contribution in [0.5, 0.6) is 0 Å². The summed E-state index contributed by atoms with van der Waals surface area (Å²) in [5.41, 5.74) is 2.46. The first-order chi connectivity index (χ1) is 6.89. The Morgan fingerprint density at radius 2 is 2.00 bits per heavy atom. The van der Waals surface area contributed by atoms with Crippen LogP contribution in [-0.4, -0.2) is 12.1 Å². The van der Waals surface area contributed by atoms with Crippen LogP contribution in [0.15, 0.2) is 11.1 Å². The molecule has 0 spiro atoms. The first-order valence-electron chi connectivity index (χ1n) is 5.80. The van der Waals surface area contributed by atoms with Crippen LogP contribution >= 0.6 is 0 Å². The second kappa shape index (κ2) is 3.36. The van der Waals surface area contributed by atoms with Crippen LogP contribution in [0.1, 0.15) is 47.0 Å². The monoisotopic (exact) mass is 208 g/mol. The highest BCUT2D eigenvalue weighted by Gasteiger charge is 2.39. The van der Waals surface area contributed by atoms with Crippen LogP contribution in [-0.2, 0) is 9.53 Å². The van der Waals surface area contributed by atoms with Gasteiger partial charge in [0.1, 0.15) is 6.10 Å².